The van der Waals surface area contributed by atoms with Crippen LogP contribution in [0.2, 0.25) is 0 Å². The zero-order valence-corrected chi connectivity index (χ0v) is 19.3. The zero-order chi connectivity index (χ0) is 21.9. The number of hydrogen-bond donors (Lipinski definition) is 2. The summed E-state index contributed by atoms with van der Waals surface area (Å²) in [4.78, 5) is 32.7. The van der Waals surface area contributed by atoms with Gasteiger partial charge in [-0.2, -0.15) is 0 Å². The van der Waals surface area contributed by atoms with Crippen LogP contribution in [0, 0.1) is 5.92 Å². The van der Waals surface area contributed by atoms with Crippen LogP contribution in [0.3, 0.4) is 0 Å². The van der Waals surface area contributed by atoms with Crippen molar-refractivity contribution in [1.82, 2.24) is 20.4 Å². The molecule has 1 unspecified atom stereocenters. The topological polar surface area (TPSA) is 86.3 Å². The van der Waals surface area contributed by atoms with Crippen molar-refractivity contribution in [1.29, 1.82) is 0 Å². The van der Waals surface area contributed by atoms with Crippen LogP contribution in [0.1, 0.15) is 55.4 Å². The summed E-state index contributed by atoms with van der Waals surface area (Å²) in [6.07, 6.45) is -0.448. The van der Waals surface area contributed by atoms with Crippen LogP contribution in [-0.4, -0.2) is 79.2 Å². The second-order valence-corrected chi connectivity index (χ2v) is 8.11. The lowest BCUT2D eigenvalue weighted by Crippen LogP contribution is -2.47. The highest BCUT2D eigenvalue weighted by Crippen LogP contribution is 2.09. The number of likely N-dealkylation sites (N-methyl/N-ethyl adjacent to an activating group) is 2. The normalized spacial score (nSPS) is 13.1. The van der Waals surface area contributed by atoms with Gasteiger partial charge >= 0.3 is 6.09 Å². The van der Waals surface area contributed by atoms with Gasteiger partial charge in [0.25, 0.3) is 0 Å². The molecule has 0 aromatic rings. The average Bonchev–Trinajstić information content (AvgIpc) is 2.56. The van der Waals surface area contributed by atoms with Crippen LogP contribution < -0.4 is 10.6 Å². The van der Waals surface area contributed by atoms with Crippen LogP contribution in [0.5, 0.6) is 0 Å². The smallest absolute Gasteiger partial charge is 0.407 e. The van der Waals surface area contributed by atoms with Crippen molar-refractivity contribution in [2.75, 3.05) is 39.8 Å². The Balaban J connectivity index is 5.10. The van der Waals surface area contributed by atoms with Crippen LogP contribution in [-0.2, 0) is 9.53 Å². The molecule has 0 bridgehead atoms. The second-order valence-electron chi connectivity index (χ2n) is 8.11. The third-order valence-electron chi connectivity index (χ3n) is 4.13. The number of carbonyl (C=O) groups excluding carboxylic acids is 2. The van der Waals surface area contributed by atoms with Crippen molar-refractivity contribution < 1.29 is 14.3 Å². The molecule has 0 heterocycles. The predicted molar refractivity (Wildman–Crippen MR) is 115 cm³/mol. The van der Waals surface area contributed by atoms with Gasteiger partial charge in [0.2, 0.25) is 5.91 Å². The molecular formula is C20H41N5O3. The summed E-state index contributed by atoms with van der Waals surface area (Å²) in [5.74, 6) is 0.881. The maximum absolute atomic E-state index is 12.4. The molecule has 0 aliphatic heterocycles. The number of rotatable bonds is 9. The van der Waals surface area contributed by atoms with E-state index in [-0.39, 0.29) is 24.4 Å². The van der Waals surface area contributed by atoms with Crippen LogP contribution in [0.4, 0.5) is 4.79 Å². The Labute approximate surface area is 171 Å². The van der Waals surface area contributed by atoms with E-state index in [1.807, 2.05) is 67.3 Å². The lowest BCUT2D eigenvalue weighted by Gasteiger charge is -2.27. The van der Waals surface area contributed by atoms with Crippen molar-refractivity contribution in [3.63, 3.8) is 0 Å². The zero-order valence-electron chi connectivity index (χ0n) is 19.3. The first-order valence-corrected chi connectivity index (χ1v) is 10.2. The molecule has 0 saturated carbocycles. The standard InChI is InChI=1S/C20H41N5O3/c1-10-21-18(24(9)14-17(26)25(11-2)12-3)22-13-16(15(4)5)23-19(27)28-20(6,7)8/h15-16H,10-14H2,1-9H3,(H,21,22)(H,23,27). The Morgan fingerprint density at radius 3 is 2.11 bits per heavy atom. The summed E-state index contributed by atoms with van der Waals surface area (Å²) >= 11 is 0. The van der Waals surface area contributed by atoms with Gasteiger partial charge in [-0.15, -0.1) is 0 Å². The van der Waals surface area contributed by atoms with Crippen molar-refractivity contribution in [2.45, 2.75) is 67.0 Å². The maximum atomic E-state index is 12.4. The number of nitrogens with zero attached hydrogens (tertiary/aromatic N) is 3. The van der Waals surface area contributed by atoms with Gasteiger partial charge in [-0.25, -0.2) is 4.79 Å². The maximum Gasteiger partial charge on any atom is 0.407 e. The average molecular weight is 400 g/mol. The largest absolute Gasteiger partial charge is 0.444 e. The minimum absolute atomic E-state index is 0.0605. The summed E-state index contributed by atoms with van der Waals surface area (Å²) in [5.41, 5.74) is -0.547. The summed E-state index contributed by atoms with van der Waals surface area (Å²) in [5, 5.41) is 6.11. The summed E-state index contributed by atoms with van der Waals surface area (Å²) in [6, 6.07) is -0.171. The highest BCUT2D eigenvalue weighted by Gasteiger charge is 2.22. The van der Waals surface area contributed by atoms with Crippen LogP contribution >= 0.6 is 0 Å². The highest BCUT2D eigenvalue weighted by molar-refractivity contribution is 5.86. The number of carbonyl (C=O) groups is 2. The molecule has 28 heavy (non-hydrogen) atoms. The lowest BCUT2D eigenvalue weighted by atomic mass is 10.1. The van der Waals surface area contributed by atoms with E-state index in [2.05, 4.69) is 15.6 Å². The highest BCUT2D eigenvalue weighted by atomic mass is 16.6. The quantitative estimate of drug-likeness (QED) is 0.459. The molecule has 0 spiro atoms. The molecule has 0 aliphatic carbocycles. The molecule has 0 saturated heterocycles. The molecule has 2 amide bonds. The third kappa shape index (κ3) is 10.4. The number of ether oxygens (including phenoxy) is 1. The van der Waals surface area contributed by atoms with Crippen molar-refractivity contribution in [2.24, 2.45) is 10.9 Å². The van der Waals surface area contributed by atoms with E-state index in [9.17, 15) is 9.59 Å². The van der Waals surface area contributed by atoms with E-state index in [0.29, 0.717) is 32.1 Å². The molecule has 8 heteroatoms. The van der Waals surface area contributed by atoms with Gasteiger partial charge < -0.3 is 25.2 Å². The number of aliphatic imine (C=N–C) groups is 1. The Morgan fingerprint density at radius 2 is 1.68 bits per heavy atom. The molecule has 164 valence electrons. The van der Waals surface area contributed by atoms with E-state index in [1.165, 1.54) is 0 Å². The van der Waals surface area contributed by atoms with Gasteiger partial charge in [-0.1, -0.05) is 13.8 Å². The molecule has 2 N–H and O–H groups in total. The number of nitrogens with one attached hydrogen (secondary N) is 2. The van der Waals surface area contributed by atoms with Gasteiger partial charge in [-0.3, -0.25) is 9.79 Å². The lowest BCUT2D eigenvalue weighted by molar-refractivity contribution is -0.131. The fourth-order valence-corrected chi connectivity index (χ4v) is 2.49. The van der Waals surface area contributed by atoms with E-state index < -0.39 is 11.7 Å². The van der Waals surface area contributed by atoms with E-state index in [1.54, 1.807) is 4.90 Å². The molecule has 1 atom stereocenters. The van der Waals surface area contributed by atoms with Crippen molar-refractivity contribution in [3.05, 3.63) is 0 Å². The van der Waals surface area contributed by atoms with E-state index in [0.717, 1.165) is 0 Å². The van der Waals surface area contributed by atoms with Crippen LogP contribution in [0.25, 0.3) is 0 Å². The number of guanidine groups is 1. The van der Waals surface area contributed by atoms with Gasteiger partial charge in [0, 0.05) is 26.7 Å². The first-order chi connectivity index (χ1) is 12.9. The number of amides is 2. The van der Waals surface area contributed by atoms with E-state index >= 15 is 0 Å². The van der Waals surface area contributed by atoms with Crippen molar-refractivity contribution in [3.8, 4) is 0 Å². The number of alkyl carbamates (subject to hydrolysis) is 1. The second kappa shape index (κ2) is 12.5. The molecule has 0 rings (SSSR count). The molecule has 0 fully saturated rings. The molecule has 0 aliphatic rings. The van der Waals surface area contributed by atoms with E-state index in [4.69, 9.17) is 4.74 Å². The fraction of sp³-hybridized carbons (Fsp3) is 0.850. The monoisotopic (exact) mass is 399 g/mol. The fourth-order valence-electron chi connectivity index (χ4n) is 2.49. The Morgan fingerprint density at radius 1 is 1.11 bits per heavy atom. The first-order valence-electron chi connectivity index (χ1n) is 10.2. The minimum Gasteiger partial charge on any atom is -0.444 e. The van der Waals surface area contributed by atoms with Gasteiger partial charge in [-0.05, 0) is 47.5 Å². The van der Waals surface area contributed by atoms with Gasteiger partial charge in [0.05, 0.1) is 19.1 Å². The van der Waals surface area contributed by atoms with Crippen molar-refractivity contribution >= 4 is 18.0 Å². The molecular weight excluding hydrogens is 358 g/mol. The third-order valence-corrected chi connectivity index (χ3v) is 4.13. The van der Waals surface area contributed by atoms with Gasteiger partial charge in [0.1, 0.15) is 5.60 Å². The Bertz CT molecular complexity index is 510. The summed E-state index contributed by atoms with van der Waals surface area (Å²) in [6.45, 7) is 18.2. The Kier molecular flexibility index (Phi) is 11.6. The molecule has 0 aromatic carbocycles. The Hall–Kier alpha value is -1.99. The molecule has 0 aromatic heterocycles. The van der Waals surface area contributed by atoms with Gasteiger partial charge in [0.15, 0.2) is 5.96 Å². The molecule has 0 radical (unpaired) electrons. The minimum atomic E-state index is -0.547. The predicted octanol–water partition coefficient (Wildman–Crippen LogP) is 2.30. The summed E-state index contributed by atoms with van der Waals surface area (Å²) < 4.78 is 5.35. The number of hydrogen-bond acceptors (Lipinski definition) is 4. The first kappa shape index (κ1) is 26.0. The molecule has 8 nitrogen and oxygen atoms in total. The summed E-state index contributed by atoms with van der Waals surface area (Å²) in [7, 11) is 1.84. The SMILES string of the molecule is CCNC(=NCC(NC(=O)OC(C)(C)C)C(C)C)N(C)CC(=O)N(CC)CC. The van der Waals surface area contributed by atoms with Crippen LogP contribution in [0.15, 0.2) is 4.99 Å².